The van der Waals surface area contributed by atoms with Crippen LogP contribution in [0, 0.1) is 5.41 Å². The van der Waals surface area contributed by atoms with Crippen LogP contribution in [0.2, 0.25) is 0 Å². The number of hydrogen-bond acceptors (Lipinski definition) is 3. The van der Waals surface area contributed by atoms with Crippen molar-refractivity contribution < 1.29 is 9.90 Å². The highest BCUT2D eigenvalue weighted by atomic mass is 16.4. The second kappa shape index (κ2) is 6.68. The molecule has 112 valence electrons. The van der Waals surface area contributed by atoms with Gasteiger partial charge >= 0.3 is 5.97 Å². The number of aromatic nitrogens is 1. The maximum atomic E-state index is 11.5. The Kier molecular flexibility index (Phi) is 4.91. The molecule has 0 aliphatic rings. The highest BCUT2D eigenvalue weighted by Gasteiger charge is 2.34. The fourth-order valence-corrected chi connectivity index (χ4v) is 2.62. The minimum absolute atomic E-state index is 0.471. The summed E-state index contributed by atoms with van der Waals surface area (Å²) >= 11 is 0. The predicted octanol–water partition coefficient (Wildman–Crippen LogP) is 3.22. The molecular formula is C17H22N2O2. The van der Waals surface area contributed by atoms with Crippen molar-refractivity contribution in [3.8, 4) is 0 Å². The monoisotopic (exact) mass is 286 g/mol. The Morgan fingerprint density at radius 1 is 1.24 bits per heavy atom. The SMILES string of the molecule is CCC(CC)(CNCc1cccc2cccnc12)C(=O)O. The first-order valence-corrected chi connectivity index (χ1v) is 7.39. The first kappa shape index (κ1) is 15.4. The molecule has 0 bridgehead atoms. The van der Waals surface area contributed by atoms with E-state index in [9.17, 15) is 9.90 Å². The van der Waals surface area contributed by atoms with Gasteiger partial charge in [-0.15, -0.1) is 0 Å². The summed E-state index contributed by atoms with van der Waals surface area (Å²) < 4.78 is 0. The molecule has 0 saturated heterocycles. The van der Waals surface area contributed by atoms with E-state index in [1.807, 2.05) is 44.2 Å². The van der Waals surface area contributed by atoms with Crippen LogP contribution in [-0.2, 0) is 11.3 Å². The molecule has 0 atom stereocenters. The van der Waals surface area contributed by atoms with Gasteiger partial charge in [0.15, 0.2) is 0 Å². The fraction of sp³-hybridized carbons (Fsp3) is 0.412. The Morgan fingerprint density at radius 3 is 2.62 bits per heavy atom. The molecule has 0 fully saturated rings. The molecule has 1 aromatic heterocycles. The van der Waals surface area contributed by atoms with Gasteiger partial charge in [0, 0.05) is 24.7 Å². The maximum Gasteiger partial charge on any atom is 0.310 e. The molecule has 4 heteroatoms. The Hall–Kier alpha value is -1.94. The van der Waals surface area contributed by atoms with E-state index in [1.54, 1.807) is 6.20 Å². The van der Waals surface area contributed by atoms with Crippen LogP contribution in [0.15, 0.2) is 36.5 Å². The minimum Gasteiger partial charge on any atom is -0.481 e. The van der Waals surface area contributed by atoms with Gasteiger partial charge in [-0.2, -0.15) is 0 Å². The van der Waals surface area contributed by atoms with Crippen LogP contribution in [0.4, 0.5) is 0 Å². The summed E-state index contributed by atoms with van der Waals surface area (Å²) in [5.74, 6) is -0.726. The molecule has 1 heterocycles. The van der Waals surface area contributed by atoms with Crippen molar-refractivity contribution in [2.45, 2.75) is 33.2 Å². The summed E-state index contributed by atoms with van der Waals surface area (Å²) in [6.45, 7) is 4.96. The first-order valence-electron chi connectivity index (χ1n) is 7.39. The number of pyridine rings is 1. The van der Waals surface area contributed by atoms with E-state index in [1.165, 1.54) is 0 Å². The Morgan fingerprint density at radius 2 is 1.95 bits per heavy atom. The highest BCUT2D eigenvalue weighted by Crippen LogP contribution is 2.26. The molecule has 1 aromatic carbocycles. The standard InChI is InChI=1S/C17H22N2O2/c1-3-17(4-2,16(20)21)12-18-11-14-8-5-7-13-9-6-10-19-15(13)14/h5-10,18H,3-4,11-12H2,1-2H3,(H,20,21). The molecule has 2 rings (SSSR count). The molecule has 0 radical (unpaired) electrons. The molecule has 0 unspecified atom stereocenters. The number of carbonyl (C=O) groups is 1. The average Bonchev–Trinajstić information content (AvgIpc) is 2.52. The smallest absolute Gasteiger partial charge is 0.310 e. The maximum absolute atomic E-state index is 11.5. The van der Waals surface area contributed by atoms with E-state index in [4.69, 9.17) is 0 Å². The van der Waals surface area contributed by atoms with E-state index in [0.717, 1.165) is 16.5 Å². The number of nitrogens with one attached hydrogen (secondary N) is 1. The van der Waals surface area contributed by atoms with Gasteiger partial charge in [-0.3, -0.25) is 9.78 Å². The zero-order chi connectivity index (χ0) is 15.3. The number of fused-ring (bicyclic) bond motifs is 1. The number of carboxylic acid groups (broad SMARTS) is 1. The van der Waals surface area contributed by atoms with Gasteiger partial charge in [-0.05, 0) is 24.5 Å². The summed E-state index contributed by atoms with van der Waals surface area (Å²) in [5, 5.41) is 13.8. The molecule has 0 saturated carbocycles. The van der Waals surface area contributed by atoms with Crippen molar-refractivity contribution in [3.05, 3.63) is 42.1 Å². The molecule has 0 aliphatic heterocycles. The van der Waals surface area contributed by atoms with Gasteiger partial charge < -0.3 is 10.4 Å². The predicted molar refractivity (Wildman–Crippen MR) is 84.1 cm³/mol. The quantitative estimate of drug-likeness (QED) is 0.820. The van der Waals surface area contributed by atoms with Crippen LogP contribution < -0.4 is 5.32 Å². The van der Waals surface area contributed by atoms with Crippen molar-refractivity contribution >= 4 is 16.9 Å². The molecule has 21 heavy (non-hydrogen) atoms. The average molecular weight is 286 g/mol. The second-order valence-corrected chi connectivity index (χ2v) is 5.39. The van der Waals surface area contributed by atoms with Crippen molar-refractivity contribution in [2.24, 2.45) is 5.41 Å². The first-order chi connectivity index (χ1) is 10.1. The van der Waals surface area contributed by atoms with Crippen molar-refractivity contribution in [1.82, 2.24) is 10.3 Å². The Bertz CT molecular complexity index is 616. The summed E-state index contributed by atoms with van der Waals surface area (Å²) in [4.78, 5) is 15.9. The van der Waals surface area contributed by atoms with Crippen LogP contribution in [0.5, 0.6) is 0 Å². The minimum atomic E-state index is -0.726. The lowest BCUT2D eigenvalue weighted by molar-refractivity contribution is -0.149. The van der Waals surface area contributed by atoms with Crippen molar-refractivity contribution in [3.63, 3.8) is 0 Å². The van der Waals surface area contributed by atoms with E-state index >= 15 is 0 Å². The largest absolute Gasteiger partial charge is 0.481 e. The van der Waals surface area contributed by atoms with Crippen molar-refractivity contribution in [1.29, 1.82) is 0 Å². The number of carboxylic acids is 1. The molecule has 2 aromatic rings. The molecule has 0 spiro atoms. The van der Waals surface area contributed by atoms with E-state index in [2.05, 4.69) is 10.3 Å². The van der Waals surface area contributed by atoms with Gasteiger partial charge in [0.05, 0.1) is 10.9 Å². The van der Waals surface area contributed by atoms with E-state index in [-0.39, 0.29) is 0 Å². The zero-order valence-corrected chi connectivity index (χ0v) is 12.6. The lowest BCUT2D eigenvalue weighted by atomic mass is 9.82. The number of hydrogen-bond donors (Lipinski definition) is 2. The summed E-state index contributed by atoms with van der Waals surface area (Å²) in [7, 11) is 0. The third-order valence-electron chi connectivity index (χ3n) is 4.30. The summed E-state index contributed by atoms with van der Waals surface area (Å²) in [6.07, 6.45) is 3.03. The molecular weight excluding hydrogens is 264 g/mol. The van der Waals surface area contributed by atoms with E-state index < -0.39 is 11.4 Å². The van der Waals surface area contributed by atoms with Crippen LogP contribution in [0.25, 0.3) is 10.9 Å². The number of para-hydroxylation sites is 1. The van der Waals surface area contributed by atoms with Crippen LogP contribution in [0.3, 0.4) is 0 Å². The summed E-state index contributed by atoms with van der Waals surface area (Å²) in [5.41, 5.74) is 1.39. The fourth-order valence-electron chi connectivity index (χ4n) is 2.62. The number of nitrogens with zero attached hydrogens (tertiary/aromatic N) is 1. The Balaban J connectivity index is 2.10. The normalized spacial score (nSPS) is 11.7. The zero-order valence-electron chi connectivity index (χ0n) is 12.6. The van der Waals surface area contributed by atoms with Crippen LogP contribution in [-0.4, -0.2) is 22.6 Å². The highest BCUT2D eigenvalue weighted by molar-refractivity contribution is 5.81. The lowest BCUT2D eigenvalue weighted by Crippen LogP contribution is -2.40. The Labute approximate surface area is 125 Å². The van der Waals surface area contributed by atoms with Crippen LogP contribution in [0.1, 0.15) is 32.3 Å². The van der Waals surface area contributed by atoms with Gasteiger partial charge in [0.2, 0.25) is 0 Å². The van der Waals surface area contributed by atoms with Gasteiger partial charge in [-0.25, -0.2) is 0 Å². The molecule has 4 nitrogen and oxygen atoms in total. The lowest BCUT2D eigenvalue weighted by Gasteiger charge is -2.27. The number of rotatable bonds is 7. The topological polar surface area (TPSA) is 62.2 Å². The van der Waals surface area contributed by atoms with Gasteiger partial charge in [0.1, 0.15) is 0 Å². The van der Waals surface area contributed by atoms with Crippen molar-refractivity contribution in [2.75, 3.05) is 6.54 Å². The third-order valence-corrected chi connectivity index (χ3v) is 4.30. The summed E-state index contributed by atoms with van der Waals surface area (Å²) in [6, 6.07) is 10.0. The second-order valence-electron chi connectivity index (χ2n) is 5.39. The van der Waals surface area contributed by atoms with Gasteiger partial charge in [-0.1, -0.05) is 38.1 Å². The van der Waals surface area contributed by atoms with Gasteiger partial charge in [0.25, 0.3) is 0 Å². The van der Waals surface area contributed by atoms with Crippen LogP contribution >= 0.6 is 0 Å². The number of benzene rings is 1. The van der Waals surface area contributed by atoms with E-state index in [0.29, 0.717) is 25.9 Å². The molecule has 0 amide bonds. The molecule has 0 aliphatic carbocycles. The number of aliphatic carboxylic acids is 1. The third kappa shape index (κ3) is 3.22. The molecule has 2 N–H and O–H groups in total.